The molecule has 2 heterocycles. The van der Waals surface area contributed by atoms with Crippen molar-refractivity contribution in [2.75, 3.05) is 12.4 Å². The van der Waals surface area contributed by atoms with Crippen molar-refractivity contribution >= 4 is 5.82 Å². The fourth-order valence-electron chi connectivity index (χ4n) is 1.28. The zero-order valence-corrected chi connectivity index (χ0v) is 8.81. The SMILES string of the molecule is CNc1cnc(Cn2cc(C)cn2)cn1. The summed E-state index contributed by atoms with van der Waals surface area (Å²) in [5.74, 6) is 0.774. The van der Waals surface area contributed by atoms with Gasteiger partial charge in [0.2, 0.25) is 0 Å². The van der Waals surface area contributed by atoms with Gasteiger partial charge in [0.15, 0.2) is 0 Å². The van der Waals surface area contributed by atoms with Gasteiger partial charge in [0, 0.05) is 13.2 Å². The molecule has 0 aromatic carbocycles. The maximum Gasteiger partial charge on any atom is 0.144 e. The summed E-state index contributed by atoms with van der Waals surface area (Å²) in [7, 11) is 1.82. The molecule has 0 amide bonds. The number of hydrogen-bond donors (Lipinski definition) is 1. The van der Waals surface area contributed by atoms with Crippen LogP contribution in [0.15, 0.2) is 24.8 Å². The third-order valence-corrected chi connectivity index (χ3v) is 2.05. The van der Waals surface area contributed by atoms with Gasteiger partial charge in [-0.05, 0) is 12.5 Å². The van der Waals surface area contributed by atoms with Gasteiger partial charge in [0.05, 0.1) is 30.8 Å². The average molecular weight is 203 g/mol. The van der Waals surface area contributed by atoms with Crippen LogP contribution in [0.25, 0.3) is 0 Å². The second-order valence-electron chi connectivity index (χ2n) is 3.36. The summed E-state index contributed by atoms with van der Waals surface area (Å²) in [5, 5.41) is 7.11. The number of nitrogens with zero attached hydrogens (tertiary/aromatic N) is 4. The molecule has 15 heavy (non-hydrogen) atoms. The second-order valence-corrected chi connectivity index (χ2v) is 3.36. The minimum absolute atomic E-state index is 0.658. The van der Waals surface area contributed by atoms with Crippen LogP contribution >= 0.6 is 0 Å². The van der Waals surface area contributed by atoms with Crippen LogP contribution < -0.4 is 5.32 Å². The van der Waals surface area contributed by atoms with E-state index in [2.05, 4.69) is 20.4 Å². The summed E-state index contributed by atoms with van der Waals surface area (Å²) in [6.45, 7) is 2.67. The van der Waals surface area contributed by atoms with E-state index < -0.39 is 0 Å². The molecule has 2 rings (SSSR count). The zero-order chi connectivity index (χ0) is 10.7. The minimum atomic E-state index is 0.658. The van der Waals surface area contributed by atoms with E-state index in [1.165, 1.54) is 0 Å². The van der Waals surface area contributed by atoms with Crippen molar-refractivity contribution in [3.63, 3.8) is 0 Å². The molecule has 2 aromatic rings. The molecule has 0 radical (unpaired) electrons. The van der Waals surface area contributed by atoms with Crippen LogP contribution in [0.3, 0.4) is 0 Å². The molecule has 0 fully saturated rings. The first kappa shape index (κ1) is 9.64. The van der Waals surface area contributed by atoms with Crippen LogP contribution in [0.2, 0.25) is 0 Å². The molecular weight excluding hydrogens is 190 g/mol. The summed E-state index contributed by atoms with van der Waals surface area (Å²) >= 11 is 0. The lowest BCUT2D eigenvalue weighted by atomic mass is 10.4. The van der Waals surface area contributed by atoms with Crippen molar-refractivity contribution in [1.82, 2.24) is 19.7 Å². The molecule has 0 atom stereocenters. The molecular formula is C10H13N5. The van der Waals surface area contributed by atoms with E-state index in [9.17, 15) is 0 Å². The van der Waals surface area contributed by atoms with Crippen LogP contribution in [0.5, 0.6) is 0 Å². The van der Waals surface area contributed by atoms with Crippen molar-refractivity contribution in [2.24, 2.45) is 0 Å². The number of anilines is 1. The number of aryl methyl sites for hydroxylation is 1. The van der Waals surface area contributed by atoms with Crippen LogP contribution in [0.1, 0.15) is 11.3 Å². The molecule has 0 saturated heterocycles. The van der Waals surface area contributed by atoms with Crippen LogP contribution in [0.4, 0.5) is 5.82 Å². The Morgan fingerprint density at radius 3 is 2.67 bits per heavy atom. The topological polar surface area (TPSA) is 55.6 Å². The van der Waals surface area contributed by atoms with Gasteiger partial charge >= 0.3 is 0 Å². The van der Waals surface area contributed by atoms with E-state index in [4.69, 9.17) is 0 Å². The molecule has 78 valence electrons. The highest BCUT2D eigenvalue weighted by Crippen LogP contribution is 2.02. The summed E-state index contributed by atoms with van der Waals surface area (Å²) < 4.78 is 1.85. The van der Waals surface area contributed by atoms with Gasteiger partial charge in [-0.2, -0.15) is 5.10 Å². The average Bonchev–Trinajstić information content (AvgIpc) is 2.65. The molecule has 0 unspecified atom stereocenters. The van der Waals surface area contributed by atoms with E-state index in [-0.39, 0.29) is 0 Å². The Bertz CT molecular complexity index is 431. The van der Waals surface area contributed by atoms with E-state index in [1.807, 2.05) is 31.0 Å². The Kier molecular flexibility index (Phi) is 2.62. The third-order valence-electron chi connectivity index (χ3n) is 2.05. The lowest BCUT2D eigenvalue weighted by molar-refractivity contribution is 0.669. The summed E-state index contributed by atoms with van der Waals surface area (Å²) in [6.07, 6.45) is 7.28. The minimum Gasteiger partial charge on any atom is -0.372 e. The highest BCUT2D eigenvalue weighted by Gasteiger charge is 1.98. The normalized spacial score (nSPS) is 10.3. The van der Waals surface area contributed by atoms with Crippen molar-refractivity contribution in [2.45, 2.75) is 13.5 Å². The van der Waals surface area contributed by atoms with Gasteiger partial charge in [-0.25, -0.2) is 4.98 Å². The van der Waals surface area contributed by atoms with Crippen molar-refractivity contribution < 1.29 is 0 Å². The van der Waals surface area contributed by atoms with Crippen molar-refractivity contribution in [3.05, 3.63) is 36.0 Å². The Labute approximate surface area is 88.2 Å². The number of hydrogen-bond acceptors (Lipinski definition) is 4. The Balaban J connectivity index is 2.11. The zero-order valence-electron chi connectivity index (χ0n) is 8.81. The Morgan fingerprint density at radius 2 is 2.13 bits per heavy atom. The first-order chi connectivity index (χ1) is 7.28. The van der Waals surface area contributed by atoms with Gasteiger partial charge in [-0.15, -0.1) is 0 Å². The van der Waals surface area contributed by atoms with Gasteiger partial charge < -0.3 is 5.32 Å². The van der Waals surface area contributed by atoms with Gasteiger partial charge in [-0.1, -0.05) is 0 Å². The molecule has 5 nitrogen and oxygen atoms in total. The largest absolute Gasteiger partial charge is 0.372 e. The maximum atomic E-state index is 4.27. The molecule has 5 heteroatoms. The van der Waals surface area contributed by atoms with Crippen molar-refractivity contribution in [3.8, 4) is 0 Å². The van der Waals surface area contributed by atoms with Crippen LogP contribution in [-0.2, 0) is 6.54 Å². The Morgan fingerprint density at radius 1 is 1.27 bits per heavy atom. The lowest BCUT2D eigenvalue weighted by Crippen LogP contribution is -2.03. The monoisotopic (exact) mass is 203 g/mol. The maximum absolute atomic E-state index is 4.27. The molecule has 0 spiro atoms. The van der Waals surface area contributed by atoms with Crippen LogP contribution in [-0.4, -0.2) is 26.8 Å². The number of aromatic nitrogens is 4. The first-order valence-corrected chi connectivity index (χ1v) is 4.75. The predicted octanol–water partition coefficient (Wildman–Crippen LogP) is 1.07. The van der Waals surface area contributed by atoms with Crippen molar-refractivity contribution in [1.29, 1.82) is 0 Å². The fraction of sp³-hybridized carbons (Fsp3) is 0.300. The molecule has 0 aliphatic heterocycles. The molecule has 0 aliphatic rings. The van der Waals surface area contributed by atoms with E-state index >= 15 is 0 Å². The second kappa shape index (κ2) is 4.08. The predicted molar refractivity (Wildman–Crippen MR) is 57.6 cm³/mol. The molecule has 0 bridgehead atoms. The molecule has 1 N–H and O–H groups in total. The van der Waals surface area contributed by atoms with Gasteiger partial charge in [0.1, 0.15) is 5.82 Å². The summed E-state index contributed by atoms with van der Waals surface area (Å²) in [6, 6.07) is 0. The molecule has 2 aromatic heterocycles. The number of rotatable bonds is 3. The molecule has 0 saturated carbocycles. The van der Waals surface area contributed by atoms with E-state index in [0.717, 1.165) is 17.1 Å². The lowest BCUT2D eigenvalue weighted by Gasteiger charge is -2.02. The van der Waals surface area contributed by atoms with E-state index in [0.29, 0.717) is 6.54 Å². The Hall–Kier alpha value is -1.91. The smallest absolute Gasteiger partial charge is 0.144 e. The fourth-order valence-corrected chi connectivity index (χ4v) is 1.28. The quantitative estimate of drug-likeness (QED) is 0.810. The standard InChI is InChI=1S/C10H13N5/c1-8-3-14-15(6-8)7-9-4-13-10(11-2)5-12-9/h3-6H,7H2,1-2H3,(H,11,13). The van der Waals surface area contributed by atoms with Gasteiger partial charge in [0.25, 0.3) is 0 Å². The van der Waals surface area contributed by atoms with E-state index in [1.54, 1.807) is 12.4 Å². The van der Waals surface area contributed by atoms with Gasteiger partial charge in [-0.3, -0.25) is 9.67 Å². The number of nitrogens with one attached hydrogen (secondary N) is 1. The molecule has 0 aliphatic carbocycles. The third kappa shape index (κ3) is 2.31. The summed E-state index contributed by atoms with van der Waals surface area (Å²) in [5.41, 5.74) is 2.05. The first-order valence-electron chi connectivity index (χ1n) is 4.75. The summed E-state index contributed by atoms with van der Waals surface area (Å²) in [4.78, 5) is 8.45. The highest BCUT2D eigenvalue weighted by molar-refractivity contribution is 5.29. The van der Waals surface area contributed by atoms with Crippen LogP contribution in [0, 0.1) is 6.92 Å². The highest BCUT2D eigenvalue weighted by atomic mass is 15.3.